The maximum atomic E-state index is 12.2. The van der Waals surface area contributed by atoms with Crippen molar-refractivity contribution in [1.29, 1.82) is 0 Å². The lowest BCUT2D eigenvalue weighted by atomic mass is 10.3. The topological polar surface area (TPSA) is 61.2 Å². The first-order chi connectivity index (χ1) is 9.53. The van der Waals surface area contributed by atoms with Gasteiger partial charge >= 0.3 is 0 Å². The zero-order valence-corrected chi connectivity index (χ0v) is 12.9. The zero-order chi connectivity index (χ0) is 14.6. The molecule has 0 radical (unpaired) electrons. The van der Waals surface area contributed by atoms with Gasteiger partial charge in [-0.15, -0.1) is 0 Å². The van der Waals surface area contributed by atoms with E-state index in [2.05, 4.69) is 4.98 Å². The molecular formula is C13H16N2O3S2. The van der Waals surface area contributed by atoms with Crippen LogP contribution in [0.3, 0.4) is 0 Å². The second kappa shape index (κ2) is 6.32. The van der Waals surface area contributed by atoms with E-state index >= 15 is 0 Å². The molecule has 0 unspecified atom stereocenters. The minimum Gasteiger partial charge on any atom is -0.497 e. The van der Waals surface area contributed by atoms with Crippen molar-refractivity contribution >= 4 is 21.6 Å². The minimum atomic E-state index is -3.30. The molecule has 20 heavy (non-hydrogen) atoms. The predicted octanol–water partition coefficient (Wildman–Crippen LogP) is 1.99. The summed E-state index contributed by atoms with van der Waals surface area (Å²) < 4.78 is 31.3. The van der Waals surface area contributed by atoms with Crippen molar-refractivity contribution in [3.8, 4) is 5.75 Å². The second-order valence-electron chi connectivity index (χ2n) is 4.17. The number of nitrogens with zero attached hydrogens (tertiary/aromatic N) is 2. The molecule has 0 aliphatic heterocycles. The van der Waals surface area contributed by atoms with Gasteiger partial charge in [-0.25, -0.2) is 13.4 Å². The maximum absolute atomic E-state index is 12.2. The molecular weight excluding hydrogens is 296 g/mol. The van der Waals surface area contributed by atoms with Gasteiger partial charge in [0.05, 0.1) is 17.8 Å². The molecule has 108 valence electrons. The van der Waals surface area contributed by atoms with Crippen LogP contribution >= 0.6 is 11.8 Å². The lowest BCUT2D eigenvalue weighted by Gasteiger charge is -2.06. The lowest BCUT2D eigenvalue weighted by molar-refractivity contribution is 0.413. The third kappa shape index (κ3) is 3.55. The Labute approximate surface area is 122 Å². The van der Waals surface area contributed by atoms with Gasteiger partial charge in [-0.2, -0.15) is 0 Å². The number of hydrogen-bond donors (Lipinski definition) is 0. The normalized spacial score (nSPS) is 11.5. The summed E-state index contributed by atoms with van der Waals surface area (Å²) in [5.41, 5.74) is 0. The van der Waals surface area contributed by atoms with Gasteiger partial charge in [-0.3, -0.25) is 0 Å². The van der Waals surface area contributed by atoms with E-state index < -0.39 is 9.84 Å². The first kappa shape index (κ1) is 14.9. The van der Waals surface area contributed by atoms with Crippen molar-refractivity contribution < 1.29 is 13.2 Å². The number of aromatic nitrogens is 2. The summed E-state index contributed by atoms with van der Waals surface area (Å²) in [7, 11) is 0.101. The number of benzene rings is 1. The van der Waals surface area contributed by atoms with Crippen molar-refractivity contribution in [3.05, 3.63) is 36.7 Å². The van der Waals surface area contributed by atoms with Gasteiger partial charge in [0.25, 0.3) is 0 Å². The highest BCUT2D eigenvalue weighted by Crippen LogP contribution is 2.20. The van der Waals surface area contributed by atoms with E-state index in [-0.39, 0.29) is 10.6 Å². The molecule has 0 saturated carbocycles. The lowest BCUT2D eigenvalue weighted by Crippen LogP contribution is -2.09. The molecule has 0 aliphatic carbocycles. The van der Waals surface area contributed by atoms with Crippen LogP contribution in [0.25, 0.3) is 0 Å². The number of methoxy groups -OCH3 is 1. The molecule has 1 aromatic carbocycles. The van der Waals surface area contributed by atoms with E-state index in [1.165, 1.54) is 18.9 Å². The SMILES string of the molecule is COc1cccc(S(=O)(=O)CCSc2nccn2C)c1. The summed E-state index contributed by atoms with van der Waals surface area (Å²) in [6, 6.07) is 6.53. The largest absolute Gasteiger partial charge is 0.497 e. The van der Waals surface area contributed by atoms with Crippen LogP contribution in [0.2, 0.25) is 0 Å². The molecule has 0 saturated heterocycles. The van der Waals surface area contributed by atoms with Crippen LogP contribution in [0.4, 0.5) is 0 Å². The molecule has 0 aliphatic rings. The first-order valence-electron chi connectivity index (χ1n) is 6.00. The fourth-order valence-electron chi connectivity index (χ4n) is 1.65. The van der Waals surface area contributed by atoms with Gasteiger partial charge in [0.15, 0.2) is 15.0 Å². The van der Waals surface area contributed by atoms with Crippen molar-refractivity contribution in [3.63, 3.8) is 0 Å². The molecule has 0 atom stereocenters. The summed E-state index contributed by atoms with van der Waals surface area (Å²) in [6.07, 6.45) is 3.53. The molecule has 0 amide bonds. The molecule has 2 aromatic rings. The smallest absolute Gasteiger partial charge is 0.179 e. The van der Waals surface area contributed by atoms with E-state index in [0.717, 1.165) is 5.16 Å². The van der Waals surface area contributed by atoms with Crippen LogP contribution in [-0.2, 0) is 16.9 Å². The highest BCUT2D eigenvalue weighted by Gasteiger charge is 2.15. The number of thioether (sulfide) groups is 1. The fraction of sp³-hybridized carbons (Fsp3) is 0.308. The molecule has 7 heteroatoms. The van der Waals surface area contributed by atoms with E-state index in [0.29, 0.717) is 11.5 Å². The summed E-state index contributed by atoms with van der Waals surface area (Å²) in [4.78, 5) is 4.44. The number of rotatable bonds is 6. The fourth-order valence-corrected chi connectivity index (χ4v) is 4.26. The predicted molar refractivity (Wildman–Crippen MR) is 79.0 cm³/mol. The Morgan fingerprint density at radius 1 is 1.40 bits per heavy atom. The van der Waals surface area contributed by atoms with Crippen LogP contribution in [0, 0.1) is 0 Å². The quantitative estimate of drug-likeness (QED) is 0.764. The third-order valence-corrected chi connectivity index (χ3v) is 5.79. The van der Waals surface area contributed by atoms with Crippen molar-refractivity contribution in [2.45, 2.75) is 10.1 Å². The van der Waals surface area contributed by atoms with Crippen LogP contribution in [0.1, 0.15) is 0 Å². The highest BCUT2D eigenvalue weighted by atomic mass is 32.2. The first-order valence-corrected chi connectivity index (χ1v) is 8.63. The summed E-state index contributed by atoms with van der Waals surface area (Å²) in [5.74, 6) is 1.07. The van der Waals surface area contributed by atoms with Crippen molar-refractivity contribution in [2.75, 3.05) is 18.6 Å². The van der Waals surface area contributed by atoms with Crippen LogP contribution in [-0.4, -0.2) is 36.6 Å². The van der Waals surface area contributed by atoms with Gasteiger partial charge in [0.1, 0.15) is 5.75 Å². The molecule has 0 spiro atoms. The monoisotopic (exact) mass is 312 g/mol. The molecule has 5 nitrogen and oxygen atoms in total. The molecule has 2 rings (SSSR count). The van der Waals surface area contributed by atoms with Gasteiger partial charge in [0.2, 0.25) is 0 Å². The Morgan fingerprint density at radius 2 is 2.20 bits per heavy atom. The zero-order valence-electron chi connectivity index (χ0n) is 11.3. The molecule has 1 aromatic heterocycles. The molecule has 1 heterocycles. The number of imidazole rings is 1. The second-order valence-corrected chi connectivity index (χ2v) is 7.34. The van der Waals surface area contributed by atoms with E-state index in [4.69, 9.17) is 4.74 Å². The van der Waals surface area contributed by atoms with Crippen LogP contribution in [0.5, 0.6) is 5.75 Å². The number of sulfone groups is 1. The van der Waals surface area contributed by atoms with Crippen LogP contribution < -0.4 is 4.74 Å². The average molecular weight is 312 g/mol. The van der Waals surface area contributed by atoms with E-state index in [1.54, 1.807) is 30.5 Å². The Kier molecular flexibility index (Phi) is 4.72. The number of hydrogen-bond acceptors (Lipinski definition) is 5. The minimum absolute atomic E-state index is 0.0672. The van der Waals surface area contributed by atoms with E-state index in [9.17, 15) is 8.42 Å². The van der Waals surface area contributed by atoms with Gasteiger partial charge < -0.3 is 9.30 Å². The summed E-state index contributed by atoms with van der Waals surface area (Å²) in [5, 5.41) is 0.811. The third-order valence-electron chi connectivity index (χ3n) is 2.76. The number of aryl methyl sites for hydroxylation is 1. The molecule has 0 bridgehead atoms. The standard InChI is InChI=1S/C13H16N2O3S2/c1-15-7-6-14-13(15)19-8-9-20(16,17)12-5-3-4-11(10-12)18-2/h3-7,10H,8-9H2,1-2H3. The van der Waals surface area contributed by atoms with Crippen molar-refractivity contribution in [2.24, 2.45) is 7.05 Å². The summed E-state index contributed by atoms with van der Waals surface area (Å²) >= 11 is 1.43. The maximum Gasteiger partial charge on any atom is 0.179 e. The van der Waals surface area contributed by atoms with Gasteiger partial charge in [-0.05, 0) is 18.2 Å². The van der Waals surface area contributed by atoms with Crippen molar-refractivity contribution in [1.82, 2.24) is 9.55 Å². The Hall–Kier alpha value is -1.47. The van der Waals surface area contributed by atoms with E-state index in [1.807, 2.05) is 17.8 Å². The Morgan fingerprint density at radius 3 is 2.85 bits per heavy atom. The average Bonchev–Trinajstić information content (AvgIpc) is 2.84. The number of ether oxygens (including phenoxy) is 1. The van der Waals surface area contributed by atoms with Crippen LogP contribution in [0.15, 0.2) is 46.7 Å². The molecule has 0 N–H and O–H groups in total. The Bertz CT molecular complexity index is 680. The summed E-state index contributed by atoms with van der Waals surface area (Å²) in [6.45, 7) is 0. The Balaban J connectivity index is 2.02. The molecule has 0 fully saturated rings. The highest BCUT2D eigenvalue weighted by molar-refractivity contribution is 8.00. The van der Waals surface area contributed by atoms with Gasteiger partial charge in [0, 0.05) is 25.2 Å². The van der Waals surface area contributed by atoms with Gasteiger partial charge in [-0.1, -0.05) is 17.8 Å².